The number of nitrogens with zero attached hydrogens (tertiary/aromatic N) is 2. The van der Waals surface area contributed by atoms with Crippen molar-refractivity contribution >= 4 is 34.7 Å². The van der Waals surface area contributed by atoms with Crippen molar-refractivity contribution in [2.24, 2.45) is 0 Å². The van der Waals surface area contributed by atoms with E-state index in [1.165, 1.54) is 17.0 Å². The Balaban J connectivity index is 1.55. The molecule has 1 aliphatic rings. The van der Waals surface area contributed by atoms with Crippen molar-refractivity contribution in [1.29, 1.82) is 0 Å². The molecule has 2 heterocycles. The molecule has 0 bridgehead atoms. The molecular formula is C22H16N2O5S. The maximum Gasteiger partial charge on any atom is 0.293 e. The Hall–Kier alpha value is -3.65. The topological polar surface area (TPSA) is 93.7 Å². The van der Waals surface area contributed by atoms with Gasteiger partial charge in [0, 0.05) is 23.8 Å². The predicted octanol–water partition coefficient (Wildman–Crippen LogP) is 5.40. The molecule has 1 aliphatic heterocycles. The zero-order valence-corrected chi connectivity index (χ0v) is 16.7. The molecule has 3 aromatic rings. The number of carbonyl (C=O) groups is 2. The van der Waals surface area contributed by atoms with Crippen LogP contribution >= 0.6 is 11.8 Å². The van der Waals surface area contributed by atoms with Crippen molar-refractivity contribution in [3.8, 4) is 11.3 Å². The number of carbonyl (C=O) groups excluding carboxylic acids is 2. The highest BCUT2D eigenvalue weighted by Crippen LogP contribution is 2.35. The minimum Gasteiger partial charge on any atom is -0.457 e. The van der Waals surface area contributed by atoms with Gasteiger partial charge in [-0.25, -0.2) is 0 Å². The third-order valence-electron chi connectivity index (χ3n) is 4.64. The van der Waals surface area contributed by atoms with Crippen molar-refractivity contribution in [3.63, 3.8) is 0 Å². The highest BCUT2D eigenvalue weighted by atomic mass is 32.2. The fourth-order valence-electron chi connectivity index (χ4n) is 3.14. The summed E-state index contributed by atoms with van der Waals surface area (Å²) in [6.07, 6.45) is 1.54. The van der Waals surface area contributed by atoms with Crippen LogP contribution in [0.3, 0.4) is 0 Å². The lowest BCUT2D eigenvalue weighted by Gasteiger charge is -2.11. The molecule has 0 aliphatic carbocycles. The molecule has 1 aromatic heterocycles. The zero-order chi connectivity index (χ0) is 21.3. The molecule has 2 aromatic carbocycles. The quantitative estimate of drug-likeness (QED) is 0.312. The SMILES string of the molecule is Cc1cc([N+](=O)[O-])ccc1-c1ccc(/C=C2\SC(=O)N(Cc3ccccc3)C2=O)o1. The summed E-state index contributed by atoms with van der Waals surface area (Å²) in [5.74, 6) is 0.587. The van der Waals surface area contributed by atoms with Gasteiger partial charge in [0.1, 0.15) is 11.5 Å². The van der Waals surface area contributed by atoms with Crippen molar-refractivity contribution in [1.82, 2.24) is 4.90 Å². The van der Waals surface area contributed by atoms with E-state index in [0.717, 1.165) is 22.9 Å². The van der Waals surface area contributed by atoms with Gasteiger partial charge >= 0.3 is 0 Å². The van der Waals surface area contributed by atoms with Crippen LogP contribution in [0.5, 0.6) is 0 Å². The van der Waals surface area contributed by atoms with Crippen LogP contribution in [-0.4, -0.2) is 21.0 Å². The molecule has 2 amide bonds. The average Bonchev–Trinajstić information content (AvgIpc) is 3.29. The van der Waals surface area contributed by atoms with E-state index >= 15 is 0 Å². The Morgan fingerprint density at radius 2 is 1.87 bits per heavy atom. The van der Waals surface area contributed by atoms with E-state index < -0.39 is 4.92 Å². The maximum absolute atomic E-state index is 12.7. The molecule has 0 spiro atoms. The number of nitro groups is 1. The third kappa shape index (κ3) is 3.90. The molecule has 0 radical (unpaired) electrons. The van der Waals surface area contributed by atoms with E-state index in [1.807, 2.05) is 30.3 Å². The predicted molar refractivity (Wildman–Crippen MR) is 113 cm³/mol. The fraction of sp³-hybridized carbons (Fsp3) is 0.0909. The van der Waals surface area contributed by atoms with Gasteiger partial charge in [-0.15, -0.1) is 0 Å². The molecule has 0 atom stereocenters. The minimum atomic E-state index is -0.449. The Morgan fingerprint density at radius 1 is 1.10 bits per heavy atom. The number of non-ortho nitro benzene ring substituents is 1. The van der Waals surface area contributed by atoms with Crippen molar-refractivity contribution < 1.29 is 18.9 Å². The van der Waals surface area contributed by atoms with Crippen LogP contribution in [0.1, 0.15) is 16.9 Å². The lowest BCUT2D eigenvalue weighted by atomic mass is 10.1. The molecule has 0 N–H and O–H groups in total. The minimum absolute atomic E-state index is 0.00937. The van der Waals surface area contributed by atoms with Gasteiger partial charge in [0.2, 0.25) is 0 Å². The van der Waals surface area contributed by atoms with E-state index in [-0.39, 0.29) is 28.3 Å². The first kappa shape index (κ1) is 19.7. The van der Waals surface area contributed by atoms with Gasteiger partial charge in [-0.2, -0.15) is 0 Å². The largest absolute Gasteiger partial charge is 0.457 e. The van der Waals surface area contributed by atoms with E-state index in [4.69, 9.17) is 4.42 Å². The molecule has 8 heteroatoms. The lowest BCUT2D eigenvalue weighted by Crippen LogP contribution is -2.27. The second-order valence-corrected chi connectivity index (χ2v) is 7.70. The van der Waals surface area contributed by atoms with Gasteiger partial charge in [0.05, 0.1) is 16.4 Å². The smallest absolute Gasteiger partial charge is 0.293 e. The number of furan rings is 1. The first-order valence-corrected chi connectivity index (χ1v) is 9.88. The van der Waals surface area contributed by atoms with Crippen LogP contribution in [-0.2, 0) is 11.3 Å². The molecule has 1 saturated heterocycles. The van der Waals surface area contributed by atoms with Crippen molar-refractivity contribution in [3.05, 3.63) is 92.6 Å². The second kappa shape index (κ2) is 8.00. The summed E-state index contributed by atoms with van der Waals surface area (Å²) in [7, 11) is 0. The summed E-state index contributed by atoms with van der Waals surface area (Å²) in [6, 6.07) is 17.3. The number of imide groups is 1. The van der Waals surface area contributed by atoms with Crippen LogP contribution in [0.2, 0.25) is 0 Å². The highest BCUT2D eigenvalue weighted by molar-refractivity contribution is 8.18. The fourth-order valence-corrected chi connectivity index (χ4v) is 3.96. The number of benzene rings is 2. The normalized spacial score (nSPS) is 15.2. The Kier molecular flexibility index (Phi) is 5.24. The van der Waals surface area contributed by atoms with Crippen LogP contribution in [0.25, 0.3) is 17.4 Å². The van der Waals surface area contributed by atoms with Crippen LogP contribution in [0.4, 0.5) is 10.5 Å². The van der Waals surface area contributed by atoms with Gasteiger partial charge in [0.25, 0.3) is 16.8 Å². The summed E-state index contributed by atoms with van der Waals surface area (Å²) in [5, 5.41) is 10.6. The van der Waals surface area contributed by atoms with Gasteiger partial charge in [-0.1, -0.05) is 30.3 Å². The van der Waals surface area contributed by atoms with Gasteiger partial charge in [-0.3, -0.25) is 24.6 Å². The lowest BCUT2D eigenvalue weighted by molar-refractivity contribution is -0.384. The third-order valence-corrected chi connectivity index (χ3v) is 5.55. The Morgan fingerprint density at radius 3 is 2.57 bits per heavy atom. The first-order valence-electron chi connectivity index (χ1n) is 9.07. The summed E-state index contributed by atoms with van der Waals surface area (Å²) >= 11 is 0.873. The summed E-state index contributed by atoms with van der Waals surface area (Å²) in [6.45, 7) is 1.98. The summed E-state index contributed by atoms with van der Waals surface area (Å²) < 4.78 is 5.81. The molecule has 0 unspecified atom stereocenters. The molecule has 0 saturated carbocycles. The number of rotatable bonds is 5. The summed E-state index contributed by atoms with van der Waals surface area (Å²) in [5.41, 5.74) is 2.30. The molecule has 1 fully saturated rings. The number of hydrogen-bond donors (Lipinski definition) is 0. The number of nitro benzene ring substituents is 1. The Labute approximate surface area is 176 Å². The number of thioether (sulfide) groups is 1. The summed E-state index contributed by atoms with van der Waals surface area (Å²) in [4.78, 5) is 36.9. The maximum atomic E-state index is 12.7. The second-order valence-electron chi connectivity index (χ2n) is 6.71. The van der Waals surface area contributed by atoms with Crippen LogP contribution < -0.4 is 0 Å². The van der Waals surface area contributed by atoms with Gasteiger partial charge in [-0.05, 0) is 48.0 Å². The molecule has 4 rings (SSSR count). The monoisotopic (exact) mass is 420 g/mol. The molecule has 150 valence electrons. The zero-order valence-electron chi connectivity index (χ0n) is 15.9. The molecular weight excluding hydrogens is 404 g/mol. The van der Waals surface area contributed by atoms with Gasteiger partial charge < -0.3 is 4.42 Å². The Bertz CT molecular complexity index is 1180. The van der Waals surface area contributed by atoms with Crippen LogP contribution in [0.15, 0.2) is 70.0 Å². The van der Waals surface area contributed by atoms with Gasteiger partial charge in [0.15, 0.2) is 0 Å². The highest BCUT2D eigenvalue weighted by Gasteiger charge is 2.35. The standard InChI is InChI=1S/C22H16N2O5S/c1-14-11-16(24(27)28)7-9-18(14)19-10-8-17(29-19)12-20-21(25)23(22(26)30-20)13-15-5-3-2-4-6-15/h2-12H,13H2,1H3/b20-12-. The number of hydrogen-bond acceptors (Lipinski definition) is 6. The van der Waals surface area contributed by atoms with E-state index in [0.29, 0.717) is 17.1 Å². The van der Waals surface area contributed by atoms with E-state index in [2.05, 4.69) is 0 Å². The average molecular weight is 420 g/mol. The first-order chi connectivity index (χ1) is 14.4. The number of amides is 2. The van der Waals surface area contributed by atoms with Crippen molar-refractivity contribution in [2.75, 3.05) is 0 Å². The number of aryl methyl sites for hydroxylation is 1. The van der Waals surface area contributed by atoms with Crippen LogP contribution in [0, 0.1) is 17.0 Å². The van der Waals surface area contributed by atoms with Crippen molar-refractivity contribution in [2.45, 2.75) is 13.5 Å². The molecule has 7 nitrogen and oxygen atoms in total. The van der Waals surface area contributed by atoms with E-state index in [1.54, 1.807) is 31.2 Å². The van der Waals surface area contributed by atoms with E-state index in [9.17, 15) is 19.7 Å². The molecule has 30 heavy (non-hydrogen) atoms.